The summed E-state index contributed by atoms with van der Waals surface area (Å²) in [4.78, 5) is 42.0. The van der Waals surface area contributed by atoms with Gasteiger partial charge in [-0.25, -0.2) is 14.6 Å². The second-order valence-corrected chi connectivity index (χ2v) is 10.6. The first kappa shape index (κ1) is 26.4. The summed E-state index contributed by atoms with van der Waals surface area (Å²) in [5, 5.41) is 28.1. The van der Waals surface area contributed by atoms with E-state index in [1.807, 2.05) is 30.3 Å². The van der Waals surface area contributed by atoms with Crippen LogP contribution in [0.25, 0.3) is 11.7 Å². The van der Waals surface area contributed by atoms with Crippen LogP contribution in [0.3, 0.4) is 0 Å². The molecular formula is C27H31N9O5. The van der Waals surface area contributed by atoms with Crippen LogP contribution >= 0.6 is 0 Å². The molecule has 4 heterocycles. The Kier molecular flexibility index (Phi) is 6.61. The zero-order valence-corrected chi connectivity index (χ0v) is 22.7. The van der Waals surface area contributed by atoms with Crippen molar-refractivity contribution in [2.24, 2.45) is 4.99 Å². The third-order valence-corrected chi connectivity index (χ3v) is 6.76. The van der Waals surface area contributed by atoms with Crippen LogP contribution in [0.2, 0.25) is 0 Å². The lowest BCUT2D eigenvalue weighted by Crippen LogP contribution is -2.50. The molecule has 1 aliphatic carbocycles. The third-order valence-electron chi connectivity index (χ3n) is 6.76. The summed E-state index contributed by atoms with van der Waals surface area (Å²) in [7, 11) is 0. The van der Waals surface area contributed by atoms with Crippen molar-refractivity contribution in [1.29, 1.82) is 0 Å². The monoisotopic (exact) mass is 561 g/mol. The van der Waals surface area contributed by atoms with Gasteiger partial charge in [0.1, 0.15) is 11.5 Å². The predicted octanol–water partition coefficient (Wildman–Crippen LogP) is 0.793. The van der Waals surface area contributed by atoms with Crippen molar-refractivity contribution in [3.8, 4) is 5.88 Å². The Morgan fingerprint density at radius 1 is 1.17 bits per heavy atom. The summed E-state index contributed by atoms with van der Waals surface area (Å²) in [6.45, 7) is 5.12. The van der Waals surface area contributed by atoms with Gasteiger partial charge in [0.05, 0.1) is 12.2 Å². The van der Waals surface area contributed by atoms with Gasteiger partial charge in [-0.05, 0) is 43.2 Å². The molecule has 1 aliphatic heterocycles. The maximum absolute atomic E-state index is 12.2. The molecule has 3 aromatic heterocycles. The van der Waals surface area contributed by atoms with Gasteiger partial charge < -0.3 is 35.1 Å². The van der Waals surface area contributed by atoms with Crippen LogP contribution in [-0.4, -0.2) is 83.8 Å². The summed E-state index contributed by atoms with van der Waals surface area (Å²) in [5.74, 6) is -1.19. The number of aromatic nitrogens is 5. The van der Waals surface area contributed by atoms with Gasteiger partial charge in [0, 0.05) is 62.7 Å². The second kappa shape index (κ2) is 10.3. The highest BCUT2D eigenvalue weighted by molar-refractivity contribution is 5.69. The van der Waals surface area contributed by atoms with Crippen LogP contribution in [-0.2, 0) is 4.74 Å². The molecule has 41 heavy (non-hydrogen) atoms. The maximum Gasteiger partial charge on any atom is 0.412 e. The number of aromatic amines is 2. The number of nitrogens with zero attached hydrogens (tertiary/aromatic N) is 6. The smallest absolute Gasteiger partial charge is 0.412 e. The normalized spacial score (nSPS) is 17.0. The number of benzene rings is 1. The SMILES string of the molecule is CC(C)(O)OC(=O)N1CCN(c2ccc(Nc3cc(=NC4CC4)n4ncc(=Cc5[nH]c(=O)[nH]c5O)c4n3)cc2)CC1. The van der Waals surface area contributed by atoms with Gasteiger partial charge in [0.2, 0.25) is 11.7 Å². The Hall–Kier alpha value is -4.85. The third kappa shape index (κ3) is 6.01. The maximum atomic E-state index is 12.2. The highest BCUT2D eigenvalue weighted by atomic mass is 16.7. The number of aromatic hydroxyl groups is 1. The number of aliphatic hydroxyl groups is 1. The molecule has 1 saturated carbocycles. The molecule has 0 atom stereocenters. The van der Waals surface area contributed by atoms with Crippen LogP contribution in [0.4, 0.5) is 22.0 Å². The number of ether oxygens (including phenoxy) is 1. The number of H-pyrrole nitrogens is 2. The number of fused-ring (bicyclic) bond motifs is 1. The first-order chi connectivity index (χ1) is 19.6. The summed E-state index contributed by atoms with van der Waals surface area (Å²) >= 11 is 0. The fourth-order valence-electron chi connectivity index (χ4n) is 4.59. The molecule has 4 aromatic rings. The van der Waals surface area contributed by atoms with E-state index in [1.54, 1.807) is 21.7 Å². The first-order valence-corrected chi connectivity index (χ1v) is 13.4. The van der Waals surface area contributed by atoms with E-state index >= 15 is 0 Å². The van der Waals surface area contributed by atoms with E-state index in [1.165, 1.54) is 13.8 Å². The first-order valence-electron chi connectivity index (χ1n) is 13.4. The molecule has 6 rings (SSSR count). The number of piperazine rings is 1. The van der Waals surface area contributed by atoms with E-state index in [0.717, 1.165) is 24.2 Å². The molecule has 14 heteroatoms. The molecule has 214 valence electrons. The molecule has 1 aromatic carbocycles. The summed E-state index contributed by atoms with van der Waals surface area (Å²) in [6, 6.07) is 10.0. The fraction of sp³-hybridized carbons (Fsp3) is 0.370. The van der Waals surface area contributed by atoms with Crippen LogP contribution in [0.1, 0.15) is 32.4 Å². The molecular weight excluding hydrogens is 530 g/mol. The lowest BCUT2D eigenvalue weighted by atomic mass is 10.2. The number of carbonyl (C=O) groups excluding carboxylic acids is 1. The van der Waals surface area contributed by atoms with Crippen molar-refractivity contribution in [1.82, 2.24) is 29.5 Å². The van der Waals surface area contributed by atoms with Crippen molar-refractivity contribution in [3.05, 3.63) is 63.4 Å². The van der Waals surface area contributed by atoms with Crippen molar-refractivity contribution < 1.29 is 19.7 Å². The van der Waals surface area contributed by atoms with Crippen molar-refractivity contribution in [2.45, 2.75) is 38.5 Å². The van der Waals surface area contributed by atoms with E-state index in [2.05, 4.69) is 25.3 Å². The number of amides is 1. The van der Waals surface area contributed by atoms with E-state index < -0.39 is 17.6 Å². The molecule has 1 saturated heterocycles. The summed E-state index contributed by atoms with van der Waals surface area (Å²) in [5.41, 5.74) is 2.75. The minimum absolute atomic E-state index is 0.233. The average Bonchev–Trinajstić information content (AvgIpc) is 3.56. The van der Waals surface area contributed by atoms with Crippen LogP contribution < -0.4 is 26.6 Å². The van der Waals surface area contributed by atoms with Crippen molar-refractivity contribution >= 4 is 35.0 Å². The molecule has 2 fully saturated rings. The molecule has 2 aliphatic rings. The van der Waals surface area contributed by atoms with Gasteiger partial charge >= 0.3 is 11.8 Å². The highest BCUT2D eigenvalue weighted by Crippen LogP contribution is 2.24. The minimum Gasteiger partial charge on any atom is -0.493 e. The predicted molar refractivity (Wildman–Crippen MR) is 150 cm³/mol. The Morgan fingerprint density at radius 2 is 1.90 bits per heavy atom. The standard InChI is InChI=1S/C27H31N9O5/c1-27(2,40)41-26(39)35-11-9-34(10-12-35)19-7-5-17(6-8-19)29-21-14-22(30-18-3-4-18)36-23(32-21)16(15-28-36)13-20-24(37)33-25(38)31-20/h5-8,13-15,18,29,37,40H,3-4,9-12H2,1-2H3,(H2,31,33,38). The number of hydrogen-bond acceptors (Lipinski definition) is 10. The number of anilines is 3. The van der Waals surface area contributed by atoms with Crippen LogP contribution in [0.5, 0.6) is 5.88 Å². The number of carbonyl (C=O) groups is 1. The Morgan fingerprint density at radius 3 is 2.54 bits per heavy atom. The van der Waals surface area contributed by atoms with Crippen LogP contribution in [0, 0.1) is 0 Å². The number of imidazole rings is 1. The van der Waals surface area contributed by atoms with Gasteiger partial charge in [-0.1, -0.05) is 0 Å². The van der Waals surface area contributed by atoms with E-state index in [-0.39, 0.29) is 17.6 Å². The quantitative estimate of drug-likeness (QED) is 0.213. The number of nitrogens with one attached hydrogen (secondary N) is 3. The van der Waals surface area contributed by atoms with Crippen molar-refractivity contribution in [2.75, 3.05) is 36.4 Å². The zero-order valence-electron chi connectivity index (χ0n) is 22.7. The molecule has 0 radical (unpaired) electrons. The van der Waals surface area contributed by atoms with Gasteiger partial charge in [0.15, 0.2) is 11.1 Å². The average molecular weight is 562 g/mol. The van der Waals surface area contributed by atoms with Gasteiger partial charge in [-0.3, -0.25) is 9.98 Å². The number of hydrogen-bond donors (Lipinski definition) is 5. The van der Waals surface area contributed by atoms with Crippen LogP contribution in [0.15, 0.2) is 46.3 Å². The van der Waals surface area contributed by atoms with E-state index in [4.69, 9.17) is 14.7 Å². The fourth-order valence-corrected chi connectivity index (χ4v) is 4.59. The Balaban J connectivity index is 1.21. The molecule has 14 nitrogen and oxygen atoms in total. The minimum atomic E-state index is -1.51. The second-order valence-electron chi connectivity index (χ2n) is 10.6. The molecule has 5 N–H and O–H groups in total. The molecule has 0 spiro atoms. The van der Waals surface area contributed by atoms with E-state index in [9.17, 15) is 19.8 Å². The lowest BCUT2D eigenvalue weighted by molar-refractivity contribution is -0.139. The number of rotatable bonds is 6. The van der Waals surface area contributed by atoms with Gasteiger partial charge in [-0.2, -0.15) is 9.61 Å². The topological polar surface area (TPSA) is 176 Å². The molecule has 0 unspecified atom stereocenters. The Bertz CT molecular complexity index is 1760. The summed E-state index contributed by atoms with van der Waals surface area (Å²) in [6.07, 6.45) is 4.75. The largest absolute Gasteiger partial charge is 0.493 e. The van der Waals surface area contributed by atoms with Crippen molar-refractivity contribution in [3.63, 3.8) is 0 Å². The zero-order chi connectivity index (χ0) is 28.7. The molecule has 1 amide bonds. The van der Waals surface area contributed by atoms with Gasteiger partial charge in [-0.15, -0.1) is 0 Å². The Labute approximate surface area is 233 Å². The highest BCUT2D eigenvalue weighted by Gasteiger charge is 2.27. The molecule has 0 bridgehead atoms. The lowest BCUT2D eigenvalue weighted by Gasteiger charge is -2.36. The van der Waals surface area contributed by atoms with E-state index in [0.29, 0.717) is 48.4 Å². The summed E-state index contributed by atoms with van der Waals surface area (Å²) < 4.78 is 6.71. The van der Waals surface area contributed by atoms with Gasteiger partial charge in [0.25, 0.3) is 0 Å².